The minimum Gasteiger partial charge on any atom is -0.357 e. The van der Waals surface area contributed by atoms with Gasteiger partial charge in [0.25, 0.3) is 0 Å². The minimum absolute atomic E-state index is 0.0343. The molecule has 0 aromatic carbocycles. The first-order valence-corrected chi connectivity index (χ1v) is 7.05. The van der Waals surface area contributed by atoms with Gasteiger partial charge in [0.15, 0.2) is 0 Å². The van der Waals surface area contributed by atoms with E-state index in [9.17, 15) is 10.1 Å². The van der Waals surface area contributed by atoms with Crippen molar-refractivity contribution in [1.29, 1.82) is 0 Å². The summed E-state index contributed by atoms with van der Waals surface area (Å²) in [7, 11) is 1.72. The molecular formula is C13H21N5O2. The van der Waals surface area contributed by atoms with E-state index in [0.29, 0.717) is 23.5 Å². The van der Waals surface area contributed by atoms with E-state index in [4.69, 9.17) is 0 Å². The third-order valence-electron chi connectivity index (χ3n) is 3.46. The molecule has 0 radical (unpaired) electrons. The standard InChI is InChI=1S/C13H21N5O2/c1-4-5-8-17(10-6-7-10)12-11(18(19)20)9(2)15-13(14-3)16-12/h10H,4-8H2,1-3H3,(H,14,15,16). The van der Waals surface area contributed by atoms with Crippen molar-refractivity contribution in [2.75, 3.05) is 23.8 Å². The zero-order valence-corrected chi connectivity index (χ0v) is 12.2. The maximum absolute atomic E-state index is 11.3. The van der Waals surface area contributed by atoms with Crippen molar-refractivity contribution < 1.29 is 4.92 Å². The highest BCUT2D eigenvalue weighted by Crippen LogP contribution is 2.37. The molecule has 1 fully saturated rings. The summed E-state index contributed by atoms with van der Waals surface area (Å²) in [6.07, 6.45) is 4.23. The zero-order chi connectivity index (χ0) is 14.7. The van der Waals surface area contributed by atoms with Crippen molar-refractivity contribution in [3.63, 3.8) is 0 Å². The van der Waals surface area contributed by atoms with Crippen molar-refractivity contribution in [3.05, 3.63) is 15.8 Å². The van der Waals surface area contributed by atoms with Gasteiger partial charge in [0, 0.05) is 19.6 Å². The van der Waals surface area contributed by atoms with Crippen molar-refractivity contribution in [1.82, 2.24) is 9.97 Å². The Morgan fingerprint density at radius 1 is 1.45 bits per heavy atom. The van der Waals surface area contributed by atoms with Crippen molar-refractivity contribution >= 4 is 17.5 Å². The summed E-state index contributed by atoms with van der Waals surface area (Å²) in [4.78, 5) is 21.5. The van der Waals surface area contributed by atoms with E-state index in [-0.39, 0.29) is 10.6 Å². The van der Waals surface area contributed by atoms with Gasteiger partial charge in [-0.3, -0.25) is 10.1 Å². The van der Waals surface area contributed by atoms with Gasteiger partial charge in [0.05, 0.1) is 4.92 Å². The van der Waals surface area contributed by atoms with Crippen LogP contribution in [-0.2, 0) is 0 Å². The lowest BCUT2D eigenvalue weighted by Crippen LogP contribution is -2.29. The summed E-state index contributed by atoms with van der Waals surface area (Å²) in [6.45, 7) is 4.58. The fourth-order valence-electron chi connectivity index (χ4n) is 2.25. The Balaban J connectivity index is 2.44. The molecule has 0 aliphatic heterocycles. The summed E-state index contributed by atoms with van der Waals surface area (Å²) in [6, 6.07) is 0.388. The van der Waals surface area contributed by atoms with Gasteiger partial charge in [0.2, 0.25) is 11.8 Å². The molecule has 1 aliphatic carbocycles. The smallest absolute Gasteiger partial charge is 0.332 e. The number of rotatable bonds is 7. The van der Waals surface area contributed by atoms with Crippen LogP contribution in [0.2, 0.25) is 0 Å². The average Bonchev–Trinajstić information content (AvgIpc) is 3.22. The monoisotopic (exact) mass is 279 g/mol. The Morgan fingerprint density at radius 3 is 2.65 bits per heavy atom. The molecule has 1 saturated carbocycles. The van der Waals surface area contributed by atoms with Gasteiger partial charge in [-0.2, -0.15) is 4.98 Å². The normalized spacial score (nSPS) is 14.2. The van der Waals surface area contributed by atoms with Crippen LogP contribution in [0.1, 0.15) is 38.3 Å². The predicted octanol–water partition coefficient (Wildman–Crippen LogP) is 2.50. The lowest BCUT2D eigenvalue weighted by molar-refractivity contribution is -0.385. The largest absolute Gasteiger partial charge is 0.357 e. The Morgan fingerprint density at radius 2 is 2.15 bits per heavy atom. The topological polar surface area (TPSA) is 84.2 Å². The molecule has 0 amide bonds. The summed E-state index contributed by atoms with van der Waals surface area (Å²) in [5.41, 5.74) is 0.443. The highest BCUT2D eigenvalue weighted by molar-refractivity contribution is 5.63. The predicted molar refractivity (Wildman–Crippen MR) is 78.2 cm³/mol. The molecule has 20 heavy (non-hydrogen) atoms. The lowest BCUT2D eigenvalue weighted by Gasteiger charge is -2.23. The van der Waals surface area contributed by atoms with Crippen molar-refractivity contribution in [2.45, 2.75) is 45.6 Å². The van der Waals surface area contributed by atoms with Crippen LogP contribution in [0.4, 0.5) is 17.5 Å². The van der Waals surface area contributed by atoms with Gasteiger partial charge in [0.1, 0.15) is 5.69 Å². The first-order valence-electron chi connectivity index (χ1n) is 7.05. The Bertz CT molecular complexity index is 502. The van der Waals surface area contributed by atoms with Gasteiger partial charge >= 0.3 is 5.69 Å². The minimum atomic E-state index is -0.370. The van der Waals surface area contributed by atoms with Crippen LogP contribution < -0.4 is 10.2 Å². The van der Waals surface area contributed by atoms with Crippen LogP contribution in [0.3, 0.4) is 0 Å². The first-order chi connectivity index (χ1) is 9.58. The van der Waals surface area contributed by atoms with Crippen LogP contribution in [0.5, 0.6) is 0 Å². The Hall–Kier alpha value is -1.92. The fraction of sp³-hybridized carbons (Fsp3) is 0.692. The van der Waals surface area contributed by atoms with Crippen LogP contribution in [0.25, 0.3) is 0 Å². The van der Waals surface area contributed by atoms with E-state index >= 15 is 0 Å². The van der Waals surface area contributed by atoms with E-state index in [1.165, 1.54) is 0 Å². The molecule has 1 aromatic heterocycles. The Kier molecular flexibility index (Phi) is 4.36. The fourth-order valence-corrected chi connectivity index (χ4v) is 2.25. The van der Waals surface area contributed by atoms with Crippen LogP contribution in [-0.4, -0.2) is 34.5 Å². The summed E-state index contributed by atoms with van der Waals surface area (Å²) in [5, 5.41) is 14.2. The zero-order valence-electron chi connectivity index (χ0n) is 12.2. The van der Waals surface area contributed by atoms with Crippen molar-refractivity contribution in [3.8, 4) is 0 Å². The second kappa shape index (κ2) is 6.02. The number of aryl methyl sites for hydroxylation is 1. The molecular weight excluding hydrogens is 258 g/mol. The van der Waals surface area contributed by atoms with E-state index in [1.807, 2.05) is 0 Å². The van der Waals surface area contributed by atoms with E-state index in [0.717, 1.165) is 32.2 Å². The van der Waals surface area contributed by atoms with Gasteiger partial charge in [-0.05, 0) is 26.2 Å². The van der Waals surface area contributed by atoms with Crippen LogP contribution >= 0.6 is 0 Å². The maximum Gasteiger partial charge on any atom is 0.332 e. The quantitative estimate of drug-likeness (QED) is 0.610. The number of hydrogen-bond donors (Lipinski definition) is 1. The highest BCUT2D eigenvalue weighted by Gasteiger charge is 2.35. The second-order valence-corrected chi connectivity index (χ2v) is 5.09. The molecule has 0 saturated heterocycles. The third-order valence-corrected chi connectivity index (χ3v) is 3.46. The molecule has 1 heterocycles. The number of anilines is 2. The lowest BCUT2D eigenvalue weighted by atomic mass is 10.2. The number of nitrogens with one attached hydrogen (secondary N) is 1. The summed E-state index contributed by atoms with van der Waals surface area (Å²) in [5.74, 6) is 0.896. The molecule has 0 spiro atoms. The molecule has 7 heteroatoms. The average molecular weight is 279 g/mol. The van der Waals surface area contributed by atoms with Crippen molar-refractivity contribution in [2.24, 2.45) is 0 Å². The Labute approximate surface area is 118 Å². The summed E-state index contributed by atoms with van der Waals surface area (Å²) < 4.78 is 0. The number of nitro groups is 1. The molecule has 110 valence electrons. The number of nitrogens with zero attached hydrogens (tertiary/aromatic N) is 4. The van der Waals surface area contributed by atoms with E-state index < -0.39 is 0 Å². The highest BCUT2D eigenvalue weighted by atomic mass is 16.6. The molecule has 2 rings (SSSR count). The molecule has 1 aromatic rings. The molecule has 1 aliphatic rings. The van der Waals surface area contributed by atoms with Crippen LogP contribution in [0, 0.1) is 17.0 Å². The second-order valence-electron chi connectivity index (χ2n) is 5.09. The molecule has 1 N–H and O–H groups in total. The van der Waals surface area contributed by atoms with E-state index in [2.05, 4.69) is 27.1 Å². The molecule has 0 atom stereocenters. The number of unbranched alkanes of at least 4 members (excludes halogenated alkanes) is 1. The SMILES string of the molecule is CCCCN(c1nc(NC)nc(C)c1[N+](=O)[O-])C1CC1. The van der Waals surface area contributed by atoms with Crippen LogP contribution in [0.15, 0.2) is 0 Å². The van der Waals surface area contributed by atoms with Gasteiger partial charge in [-0.25, -0.2) is 4.98 Å². The molecule has 7 nitrogen and oxygen atoms in total. The van der Waals surface area contributed by atoms with Gasteiger partial charge in [-0.15, -0.1) is 0 Å². The molecule has 0 bridgehead atoms. The van der Waals surface area contributed by atoms with Gasteiger partial charge < -0.3 is 10.2 Å². The third kappa shape index (κ3) is 2.97. The van der Waals surface area contributed by atoms with Gasteiger partial charge in [-0.1, -0.05) is 13.3 Å². The first kappa shape index (κ1) is 14.5. The molecule has 0 unspecified atom stereocenters. The maximum atomic E-state index is 11.3. The number of aromatic nitrogens is 2. The number of hydrogen-bond acceptors (Lipinski definition) is 6. The van der Waals surface area contributed by atoms with E-state index in [1.54, 1.807) is 14.0 Å². The summed E-state index contributed by atoms with van der Waals surface area (Å²) >= 11 is 0.